The van der Waals surface area contributed by atoms with Crippen LogP contribution in [0.2, 0.25) is 0 Å². The van der Waals surface area contributed by atoms with Gasteiger partial charge in [0.05, 0.1) is 23.3 Å². The number of amides is 1. The van der Waals surface area contributed by atoms with Crippen LogP contribution >= 0.6 is 0 Å². The van der Waals surface area contributed by atoms with Crippen molar-refractivity contribution in [1.29, 1.82) is 0 Å². The molecule has 0 spiro atoms. The molecule has 4 N–H and O–H groups in total. The molecule has 1 amide bonds. The second kappa shape index (κ2) is 4.20. The van der Waals surface area contributed by atoms with Crippen LogP contribution in [0, 0.1) is 12.9 Å². The third-order valence-corrected chi connectivity index (χ3v) is 2.19. The van der Waals surface area contributed by atoms with Gasteiger partial charge in [0.25, 0.3) is 5.91 Å². The Kier molecular flexibility index (Phi) is 2.73. The molecule has 0 aromatic carbocycles. The Morgan fingerprint density at radius 3 is 2.82 bits per heavy atom. The molecule has 0 fully saturated rings. The first-order valence-corrected chi connectivity index (χ1v) is 4.81. The van der Waals surface area contributed by atoms with E-state index < -0.39 is 11.9 Å². The highest BCUT2D eigenvalue weighted by atomic mass is 19.1. The number of nitrogen functional groups attached to an aromatic ring is 1. The fourth-order valence-corrected chi connectivity index (χ4v) is 1.25. The Hall–Kier alpha value is -2.44. The molecule has 0 saturated heterocycles. The minimum Gasteiger partial charge on any atom is -0.395 e. The minimum absolute atomic E-state index is 0.104. The molecule has 0 aliphatic heterocycles. The molecule has 6 nitrogen and oxygen atoms in total. The van der Waals surface area contributed by atoms with Crippen LogP contribution in [0.5, 0.6) is 0 Å². The van der Waals surface area contributed by atoms with E-state index in [2.05, 4.69) is 20.5 Å². The van der Waals surface area contributed by atoms with Crippen molar-refractivity contribution in [3.63, 3.8) is 0 Å². The highest BCUT2D eigenvalue weighted by molar-refractivity contribution is 6.06. The number of H-pyrrole nitrogens is 1. The van der Waals surface area contributed by atoms with Crippen LogP contribution in [0.1, 0.15) is 16.2 Å². The van der Waals surface area contributed by atoms with Crippen molar-refractivity contribution < 1.29 is 9.18 Å². The van der Waals surface area contributed by atoms with Gasteiger partial charge < -0.3 is 11.1 Å². The number of hydrogen-bond donors (Lipinski definition) is 3. The largest absolute Gasteiger partial charge is 0.395 e. The zero-order valence-electron chi connectivity index (χ0n) is 8.99. The molecular weight excluding hydrogens is 225 g/mol. The van der Waals surface area contributed by atoms with Gasteiger partial charge in [0.15, 0.2) is 5.69 Å². The number of hydrogen-bond acceptors (Lipinski definition) is 4. The van der Waals surface area contributed by atoms with E-state index in [9.17, 15) is 9.18 Å². The third kappa shape index (κ3) is 2.22. The van der Waals surface area contributed by atoms with Crippen molar-refractivity contribution >= 4 is 17.3 Å². The summed E-state index contributed by atoms with van der Waals surface area (Å²) in [5, 5.41) is 8.88. The smallest absolute Gasteiger partial charge is 0.278 e. The molecule has 0 bridgehead atoms. The van der Waals surface area contributed by atoms with Crippen molar-refractivity contribution in [2.45, 2.75) is 6.92 Å². The summed E-state index contributed by atoms with van der Waals surface area (Å²) < 4.78 is 12.6. The summed E-state index contributed by atoms with van der Waals surface area (Å²) in [6.45, 7) is 1.71. The molecule has 0 unspecified atom stereocenters. The van der Waals surface area contributed by atoms with Gasteiger partial charge in [0.2, 0.25) is 5.95 Å². The number of aromatic amines is 1. The number of nitrogens with one attached hydrogen (secondary N) is 2. The summed E-state index contributed by atoms with van der Waals surface area (Å²) in [6, 6.07) is 2.55. The number of carbonyl (C=O) groups is 1. The van der Waals surface area contributed by atoms with Gasteiger partial charge in [0.1, 0.15) is 0 Å². The Balaban J connectivity index is 2.17. The SMILES string of the molecule is Cc1[nH]nc(C(=O)Nc2ccc(F)nc2)c1N. The molecule has 0 atom stereocenters. The molecule has 0 aliphatic carbocycles. The molecule has 2 heterocycles. The fourth-order valence-electron chi connectivity index (χ4n) is 1.25. The van der Waals surface area contributed by atoms with Gasteiger partial charge in [0, 0.05) is 0 Å². The molecule has 7 heteroatoms. The maximum absolute atomic E-state index is 12.6. The van der Waals surface area contributed by atoms with Gasteiger partial charge in [-0.2, -0.15) is 9.49 Å². The first-order valence-electron chi connectivity index (χ1n) is 4.81. The number of carbonyl (C=O) groups excluding carboxylic acids is 1. The van der Waals surface area contributed by atoms with Crippen LogP contribution in [0.4, 0.5) is 15.8 Å². The quantitative estimate of drug-likeness (QED) is 0.678. The first-order chi connectivity index (χ1) is 8.08. The second-order valence-electron chi connectivity index (χ2n) is 3.43. The molecule has 0 saturated carbocycles. The van der Waals surface area contributed by atoms with Gasteiger partial charge >= 0.3 is 0 Å². The molecule has 88 valence electrons. The van der Waals surface area contributed by atoms with Gasteiger partial charge in [-0.15, -0.1) is 0 Å². The van der Waals surface area contributed by atoms with Crippen molar-refractivity contribution in [3.05, 3.63) is 35.7 Å². The lowest BCUT2D eigenvalue weighted by Gasteiger charge is -2.02. The predicted octanol–water partition coefficient (Wildman–Crippen LogP) is 1.09. The lowest BCUT2D eigenvalue weighted by molar-refractivity contribution is 0.102. The standard InChI is InChI=1S/C10H10FN5O/c1-5-8(12)9(16-15-5)10(17)14-6-2-3-7(11)13-4-6/h2-4H,12H2,1H3,(H,14,17)(H,15,16). The number of nitrogens with zero attached hydrogens (tertiary/aromatic N) is 2. The van der Waals surface area contributed by atoms with Crippen molar-refractivity contribution in [1.82, 2.24) is 15.2 Å². The summed E-state index contributed by atoms with van der Waals surface area (Å²) in [5.74, 6) is -1.08. The fraction of sp³-hybridized carbons (Fsp3) is 0.100. The summed E-state index contributed by atoms with van der Waals surface area (Å²) in [7, 11) is 0. The Morgan fingerprint density at radius 1 is 1.53 bits per heavy atom. The monoisotopic (exact) mass is 235 g/mol. The number of pyridine rings is 1. The topological polar surface area (TPSA) is 96.7 Å². The Morgan fingerprint density at radius 2 is 2.29 bits per heavy atom. The van der Waals surface area contributed by atoms with Gasteiger partial charge in [-0.3, -0.25) is 9.89 Å². The Labute approximate surface area is 96.1 Å². The number of halogens is 1. The van der Waals surface area contributed by atoms with Crippen LogP contribution in [0.15, 0.2) is 18.3 Å². The summed E-state index contributed by atoms with van der Waals surface area (Å²) in [5.41, 5.74) is 7.03. The number of aryl methyl sites for hydroxylation is 1. The average Bonchev–Trinajstić information content (AvgIpc) is 2.63. The number of nitrogens with two attached hydrogens (primary N) is 1. The van der Waals surface area contributed by atoms with E-state index >= 15 is 0 Å². The minimum atomic E-state index is -0.613. The van der Waals surface area contributed by atoms with Crippen molar-refractivity contribution in [3.8, 4) is 0 Å². The molecule has 0 radical (unpaired) electrons. The van der Waals surface area contributed by atoms with E-state index in [0.717, 1.165) is 6.07 Å². The third-order valence-electron chi connectivity index (χ3n) is 2.19. The highest BCUT2D eigenvalue weighted by Crippen LogP contribution is 2.14. The normalized spacial score (nSPS) is 10.2. The van der Waals surface area contributed by atoms with E-state index in [-0.39, 0.29) is 11.4 Å². The van der Waals surface area contributed by atoms with Crippen molar-refractivity contribution in [2.24, 2.45) is 0 Å². The molecular formula is C10H10FN5O. The molecule has 2 aromatic heterocycles. The van der Waals surface area contributed by atoms with Crippen LogP contribution in [0.25, 0.3) is 0 Å². The lowest BCUT2D eigenvalue weighted by atomic mass is 10.3. The molecule has 2 aromatic rings. The molecule has 0 aliphatic rings. The maximum Gasteiger partial charge on any atom is 0.278 e. The van der Waals surface area contributed by atoms with Crippen LogP contribution in [-0.4, -0.2) is 21.1 Å². The average molecular weight is 235 g/mol. The Bertz CT molecular complexity index is 548. The molecule has 17 heavy (non-hydrogen) atoms. The van der Waals surface area contributed by atoms with Crippen LogP contribution in [-0.2, 0) is 0 Å². The number of rotatable bonds is 2. The number of aromatic nitrogens is 3. The van der Waals surface area contributed by atoms with Crippen LogP contribution in [0.3, 0.4) is 0 Å². The summed E-state index contributed by atoms with van der Waals surface area (Å²) in [6.07, 6.45) is 1.21. The second-order valence-corrected chi connectivity index (χ2v) is 3.43. The van der Waals surface area contributed by atoms with Crippen molar-refractivity contribution in [2.75, 3.05) is 11.1 Å². The number of anilines is 2. The zero-order chi connectivity index (χ0) is 12.4. The van der Waals surface area contributed by atoms with E-state index in [1.165, 1.54) is 12.3 Å². The van der Waals surface area contributed by atoms with Gasteiger partial charge in [-0.25, -0.2) is 4.98 Å². The maximum atomic E-state index is 12.6. The van der Waals surface area contributed by atoms with Crippen LogP contribution < -0.4 is 11.1 Å². The first kappa shape index (κ1) is 11.1. The summed E-state index contributed by atoms with van der Waals surface area (Å²) in [4.78, 5) is 15.2. The van der Waals surface area contributed by atoms with Gasteiger partial charge in [-0.05, 0) is 19.1 Å². The zero-order valence-corrected chi connectivity index (χ0v) is 8.99. The van der Waals surface area contributed by atoms with E-state index in [1.54, 1.807) is 6.92 Å². The van der Waals surface area contributed by atoms with E-state index in [0.29, 0.717) is 11.4 Å². The van der Waals surface area contributed by atoms with E-state index in [4.69, 9.17) is 5.73 Å². The van der Waals surface area contributed by atoms with E-state index in [1.807, 2.05) is 0 Å². The predicted molar refractivity (Wildman–Crippen MR) is 59.9 cm³/mol. The lowest BCUT2D eigenvalue weighted by Crippen LogP contribution is -2.14. The molecule has 2 rings (SSSR count). The van der Waals surface area contributed by atoms with Gasteiger partial charge in [-0.1, -0.05) is 0 Å². The summed E-state index contributed by atoms with van der Waals surface area (Å²) >= 11 is 0. The highest BCUT2D eigenvalue weighted by Gasteiger charge is 2.15.